The molecule has 0 aromatic carbocycles. The summed E-state index contributed by atoms with van der Waals surface area (Å²) >= 11 is 0. The first-order valence-electron chi connectivity index (χ1n) is 4.82. The first kappa shape index (κ1) is 11.0. The average molecular weight is 188 g/mol. The summed E-state index contributed by atoms with van der Waals surface area (Å²) in [6.45, 7) is 6.25. The third kappa shape index (κ3) is 2.03. The van der Waals surface area contributed by atoms with Crippen molar-refractivity contribution in [1.29, 1.82) is 0 Å². The van der Waals surface area contributed by atoms with Crippen LogP contribution in [-0.4, -0.2) is 38.6 Å². The normalized spacial score (nSPS) is 46.4. The van der Waals surface area contributed by atoms with Crippen molar-refractivity contribution in [2.75, 3.05) is 14.2 Å². The van der Waals surface area contributed by atoms with Crippen LogP contribution in [0.4, 0.5) is 0 Å². The zero-order valence-electron chi connectivity index (χ0n) is 9.11. The Morgan fingerprint density at radius 2 is 1.38 bits per heavy atom. The molecule has 0 bridgehead atoms. The summed E-state index contributed by atoms with van der Waals surface area (Å²) in [7, 11) is 3.44. The van der Waals surface area contributed by atoms with E-state index in [9.17, 15) is 0 Å². The topological polar surface area (TPSA) is 27.7 Å². The lowest BCUT2D eigenvalue weighted by Gasteiger charge is -2.42. The molecule has 4 unspecified atom stereocenters. The summed E-state index contributed by atoms with van der Waals surface area (Å²) < 4.78 is 16.5. The van der Waals surface area contributed by atoms with Crippen LogP contribution in [0.5, 0.6) is 0 Å². The number of ether oxygens (including phenoxy) is 3. The number of hydrogen-bond acceptors (Lipinski definition) is 3. The summed E-state index contributed by atoms with van der Waals surface area (Å²) in [5.41, 5.74) is 0. The molecule has 0 aliphatic carbocycles. The predicted molar refractivity (Wildman–Crippen MR) is 50.8 cm³/mol. The van der Waals surface area contributed by atoms with Crippen LogP contribution in [0.15, 0.2) is 0 Å². The van der Waals surface area contributed by atoms with E-state index in [1.165, 1.54) is 0 Å². The van der Waals surface area contributed by atoms with Gasteiger partial charge in [0.05, 0.1) is 18.3 Å². The smallest absolute Gasteiger partial charge is 0.109 e. The zero-order chi connectivity index (χ0) is 10.0. The van der Waals surface area contributed by atoms with Crippen LogP contribution in [0.25, 0.3) is 0 Å². The largest absolute Gasteiger partial charge is 0.378 e. The molecule has 3 heteroatoms. The van der Waals surface area contributed by atoms with Gasteiger partial charge in [-0.25, -0.2) is 0 Å². The molecule has 1 rings (SSSR count). The van der Waals surface area contributed by atoms with Gasteiger partial charge in [-0.15, -0.1) is 0 Å². The second-order valence-electron chi connectivity index (χ2n) is 3.81. The van der Waals surface area contributed by atoms with Crippen LogP contribution in [-0.2, 0) is 14.2 Å². The van der Waals surface area contributed by atoms with E-state index in [4.69, 9.17) is 14.2 Å². The van der Waals surface area contributed by atoms with E-state index in [2.05, 4.69) is 13.8 Å². The summed E-state index contributed by atoms with van der Waals surface area (Å²) in [4.78, 5) is 0. The second kappa shape index (κ2) is 4.40. The highest BCUT2D eigenvalue weighted by atomic mass is 16.6. The third-order valence-electron chi connectivity index (χ3n) is 3.02. The van der Waals surface area contributed by atoms with Crippen LogP contribution in [0, 0.1) is 5.92 Å². The highest BCUT2D eigenvalue weighted by Crippen LogP contribution is 2.28. The maximum atomic E-state index is 5.73. The number of methoxy groups -OCH3 is 2. The van der Waals surface area contributed by atoms with Gasteiger partial charge in [0.2, 0.25) is 0 Å². The Hall–Kier alpha value is -0.120. The van der Waals surface area contributed by atoms with E-state index in [-0.39, 0.29) is 24.4 Å². The first-order chi connectivity index (χ1) is 6.11. The molecule has 0 amide bonds. The van der Waals surface area contributed by atoms with E-state index in [1.807, 2.05) is 6.92 Å². The lowest BCUT2D eigenvalue weighted by atomic mass is 9.89. The molecular formula is C10H20O3. The molecule has 1 heterocycles. The summed E-state index contributed by atoms with van der Waals surface area (Å²) in [6.07, 6.45) is 0.549. The molecule has 78 valence electrons. The molecule has 1 aliphatic rings. The molecule has 1 saturated heterocycles. The fraction of sp³-hybridized carbons (Fsp3) is 1.00. The van der Waals surface area contributed by atoms with Gasteiger partial charge in [-0.3, -0.25) is 0 Å². The molecule has 0 aromatic heterocycles. The van der Waals surface area contributed by atoms with E-state index >= 15 is 0 Å². The van der Waals surface area contributed by atoms with Gasteiger partial charge in [-0.05, 0) is 13.8 Å². The molecule has 0 N–H and O–H groups in total. The number of rotatable bonds is 2. The van der Waals surface area contributed by atoms with Crippen molar-refractivity contribution in [3.05, 3.63) is 0 Å². The standard InChI is InChI=1S/C10H20O3/c1-6-7(2)13-8(3)10(12-5)9(6)11-4/h6-10H,1-5H3/t6?,7-,8?,9?,10?/m0/s1. The summed E-state index contributed by atoms with van der Waals surface area (Å²) in [6, 6.07) is 0. The molecular weight excluding hydrogens is 168 g/mol. The van der Waals surface area contributed by atoms with Gasteiger partial charge in [0.15, 0.2) is 0 Å². The molecule has 0 saturated carbocycles. The van der Waals surface area contributed by atoms with Crippen molar-refractivity contribution < 1.29 is 14.2 Å². The monoisotopic (exact) mass is 188 g/mol. The van der Waals surface area contributed by atoms with Gasteiger partial charge in [-0.2, -0.15) is 0 Å². The molecule has 0 spiro atoms. The van der Waals surface area contributed by atoms with Gasteiger partial charge in [0, 0.05) is 20.1 Å². The van der Waals surface area contributed by atoms with Crippen molar-refractivity contribution in [2.45, 2.75) is 45.2 Å². The van der Waals surface area contributed by atoms with Crippen LogP contribution >= 0.6 is 0 Å². The first-order valence-corrected chi connectivity index (χ1v) is 4.82. The van der Waals surface area contributed by atoms with E-state index in [1.54, 1.807) is 14.2 Å². The number of hydrogen-bond donors (Lipinski definition) is 0. The Morgan fingerprint density at radius 3 is 1.85 bits per heavy atom. The van der Waals surface area contributed by atoms with Gasteiger partial charge >= 0.3 is 0 Å². The second-order valence-corrected chi connectivity index (χ2v) is 3.81. The third-order valence-corrected chi connectivity index (χ3v) is 3.02. The molecule has 3 nitrogen and oxygen atoms in total. The van der Waals surface area contributed by atoms with Crippen molar-refractivity contribution >= 4 is 0 Å². The fourth-order valence-corrected chi connectivity index (χ4v) is 2.05. The summed E-state index contributed by atoms with van der Waals surface area (Å²) in [5, 5.41) is 0. The van der Waals surface area contributed by atoms with E-state index < -0.39 is 0 Å². The lowest BCUT2D eigenvalue weighted by Crippen LogP contribution is -2.53. The van der Waals surface area contributed by atoms with E-state index in [0.29, 0.717) is 5.92 Å². The van der Waals surface area contributed by atoms with E-state index in [0.717, 1.165) is 0 Å². The molecule has 13 heavy (non-hydrogen) atoms. The molecule has 5 atom stereocenters. The quantitative estimate of drug-likeness (QED) is 0.656. The zero-order valence-corrected chi connectivity index (χ0v) is 9.11. The van der Waals surface area contributed by atoms with Crippen molar-refractivity contribution in [3.63, 3.8) is 0 Å². The molecule has 0 aromatic rings. The van der Waals surface area contributed by atoms with Crippen LogP contribution in [0.1, 0.15) is 20.8 Å². The fourth-order valence-electron chi connectivity index (χ4n) is 2.05. The van der Waals surface area contributed by atoms with Gasteiger partial charge in [0.25, 0.3) is 0 Å². The van der Waals surface area contributed by atoms with Crippen LogP contribution in [0.3, 0.4) is 0 Å². The van der Waals surface area contributed by atoms with Crippen molar-refractivity contribution in [3.8, 4) is 0 Å². The maximum Gasteiger partial charge on any atom is 0.109 e. The minimum Gasteiger partial charge on any atom is -0.378 e. The Balaban J connectivity index is 2.71. The van der Waals surface area contributed by atoms with Crippen molar-refractivity contribution in [1.82, 2.24) is 0 Å². The Kier molecular flexibility index (Phi) is 3.71. The molecule has 0 radical (unpaired) electrons. The Bertz CT molecular complexity index is 160. The Morgan fingerprint density at radius 1 is 0.846 bits per heavy atom. The average Bonchev–Trinajstić information content (AvgIpc) is 2.10. The Labute approximate surface area is 80.4 Å². The highest BCUT2D eigenvalue weighted by Gasteiger charge is 2.40. The molecule has 1 aliphatic heterocycles. The minimum absolute atomic E-state index is 0.0520. The highest BCUT2D eigenvalue weighted by molar-refractivity contribution is 4.88. The predicted octanol–water partition coefficient (Wildman–Crippen LogP) is 1.46. The SMILES string of the molecule is COC1C(C)O[C@@H](C)C(C)C1OC. The van der Waals surface area contributed by atoms with Crippen molar-refractivity contribution in [2.24, 2.45) is 5.92 Å². The van der Waals surface area contributed by atoms with Crippen LogP contribution in [0.2, 0.25) is 0 Å². The van der Waals surface area contributed by atoms with Gasteiger partial charge < -0.3 is 14.2 Å². The van der Waals surface area contributed by atoms with Gasteiger partial charge in [-0.1, -0.05) is 6.92 Å². The lowest BCUT2D eigenvalue weighted by molar-refractivity contribution is -0.202. The molecule has 1 fully saturated rings. The van der Waals surface area contributed by atoms with Crippen LogP contribution < -0.4 is 0 Å². The summed E-state index contributed by atoms with van der Waals surface area (Å²) in [5.74, 6) is 0.381. The minimum atomic E-state index is 0.0520. The maximum absolute atomic E-state index is 5.73. The van der Waals surface area contributed by atoms with Gasteiger partial charge in [0.1, 0.15) is 6.10 Å².